The van der Waals surface area contributed by atoms with Gasteiger partial charge in [-0.1, -0.05) is 13.0 Å². The van der Waals surface area contributed by atoms with Gasteiger partial charge in [0.25, 0.3) is 0 Å². The van der Waals surface area contributed by atoms with E-state index in [9.17, 15) is 4.79 Å². The van der Waals surface area contributed by atoms with E-state index in [-0.39, 0.29) is 6.42 Å². The summed E-state index contributed by atoms with van der Waals surface area (Å²) in [5.74, 6) is -0.738. The van der Waals surface area contributed by atoms with E-state index in [2.05, 4.69) is 36.6 Å². The van der Waals surface area contributed by atoms with Crippen LogP contribution >= 0.6 is 0 Å². The van der Waals surface area contributed by atoms with Gasteiger partial charge in [0.2, 0.25) is 0 Å². The van der Waals surface area contributed by atoms with Gasteiger partial charge in [-0.25, -0.2) is 0 Å². The molecule has 0 atom stereocenters. The Morgan fingerprint density at radius 3 is 2.72 bits per heavy atom. The van der Waals surface area contributed by atoms with Gasteiger partial charge in [-0.2, -0.15) is 0 Å². The summed E-state index contributed by atoms with van der Waals surface area (Å²) in [6.45, 7) is 4.19. The number of carbonyl (C=O) groups is 1. The molecule has 2 rings (SSSR count). The second-order valence-corrected chi connectivity index (χ2v) is 4.72. The maximum Gasteiger partial charge on any atom is 0.303 e. The van der Waals surface area contributed by atoms with Crippen molar-refractivity contribution in [3.8, 4) is 0 Å². The molecular formula is C15H19NO2. The first-order valence-corrected chi connectivity index (χ1v) is 6.33. The van der Waals surface area contributed by atoms with E-state index in [0.29, 0.717) is 6.42 Å². The topological polar surface area (TPSA) is 42.2 Å². The molecule has 1 aromatic heterocycles. The van der Waals surface area contributed by atoms with Crippen LogP contribution in [-0.4, -0.2) is 15.6 Å². The van der Waals surface area contributed by atoms with E-state index < -0.39 is 5.97 Å². The molecule has 0 aliphatic carbocycles. The molecule has 0 amide bonds. The molecule has 1 N–H and O–H groups in total. The van der Waals surface area contributed by atoms with Crippen LogP contribution in [0.3, 0.4) is 0 Å². The Hall–Kier alpha value is -1.77. The van der Waals surface area contributed by atoms with Crippen LogP contribution < -0.4 is 0 Å². The Bertz CT molecular complexity index is 596. The van der Waals surface area contributed by atoms with Gasteiger partial charge in [0, 0.05) is 30.1 Å². The van der Waals surface area contributed by atoms with Crippen LogP contribution in [0.25, 0.3) is 10.9 Å². The fourth-order valence-electron chi connectivity index (χ4n) is 2.46. The first kappa shape index (κ1) is 12.7. The first-order valence-electron chi connectivity index (χ1n) is 6.33. The number of benzene rings is 1. The molecule has 0 aliphatic rings. The van der Waals surface area contributed by atoms with Gasteiger partial charge in [-0.15, -0.1) is 0 Å². The normalized spacial score (nSPS) is 11.1. The largest absolute Gasteiger partial charge is 0.481 e. The highest BCUT2D eigenvalue weighted by molar-refractivity contribution is 5.86. The zero-order valence-electron chi connectivity index (χ0n) is 11.2. The number of aromatic nitrogens is 1. The average Bonchev–Trinajstić information content (AvgIpc) is 2.59. The van der Waals surface area contributed by atoms with Gasteiger partial charge in [0.05, 0.1) is 0 Å². The summed E-state index contributed by atoms with van der Waals surface area (Å²) in [4.78, 5) is 10.7. The van der Waals surface area contributed by atoms with Crippen molar-refractivity contribution >= 4 is 16.9 Å². The minimum atomic E-state index is -0.738. The summed E-state index contributed by atoms with van der Waals surface area (Å²) < 4.78 is 2.14. The predicted molar refractivity (Wildman–Crippen MR) is 73.0 cm³/mol. The van der Waals surface area contributed by atoms with Gasteiger partial charge in [-0.3, -0.25) is 4.79 Å². The minimum Gasteiger partial charge on any atom is -0.481 e. The second kappa shape index (κ2) is 4.84. The molecule has 3 heteroatoms. The average molecular weight is 245 g/mol. The molecule has 0 saturated heterocycles. The molecule has 0 aliphatic heterocycles. The quantitative estimate of drug-likeness (QED) is 0.899. The maximum absolute atomic E-state index is 10.7. The third-order valence-electron chi connectivity index (χ3n) is 3.68. The van der Waals surface area contributed by atoms with Crippen molar-refractivity contribution < 1.29 is 9.90 Å². The molecular weight excluding hydrogens is 226 g/mol. The van der Waals surface area contributed by atoms with Crippen LogP contribution in [0.4, 0.5) is 0 Å². The first-order chi connectivity index (χ1) is 8.54. The lowest BCUT2D eigenvalue weighted by Crippen LogP contribution is -1.99. The van der Waals surface area contributed by atoms with Crippen molar-refractivity contribution in [2.75, 3.05) is 0 Å². The zero-order chi connectivity index (χ0) is 13.3. The Kier molecular flexibility index (Phi) is 3.41. The minimum absolute atomic E-state index is 0.191. The van der Waals surface area contributed by atoms with Crippen molar-refractivity contribution in [2.24, 2.45) is 7.05 Å². The number of aryl methyl sites for hydroxylation is 3. The van der Waals surface area contributed by atoms with Crippen molar-refractivity contribution in [2.45, 2.75) is 33.1 Å². The Morgan fingerprint density at radius 1 is 1.39 bits per heavy atom. The highest BCUT2D eigenvalue weighted by atomic mass is 16.4. The second-order valence-electron chi connectivity index (χ2n) is 4.72. The van der Waals surface area contributed by atoms with Crippen LogP contribution in [-0.2, 0) is 24.7 Å². The van der Waals surface area contributed by atoms with E-state index in [1.54, 1.807) is 0 Å². The van der Waals surface area contributed by atoms with Crippen LogP contribution in [0.2, 0.25) is 0 Å². The van der Waals surface area contributed by atoms with Crippen molar-refractivity contribution in [1.82, 2.24) is 4.57 Å². The van der Waals surface area contributed by atoms with E-state index in [4.69, 9.17) is 5.11 Å². The summed E-state index contributed by atoms with van der Waals surface area (Å²) in [6, 6.07) is 6.47. The molecule has 3 nitrogen and oxygen atoms in total. The molecule has 0 fully saturated rings. The zero-order valence-corrected chi connectivity index (χ0v) is 11.2. The molecule has 96 valence electrons. The number of fused-ring (bicyclic) bond motifs is 1. The van der Waals surface area contributed by atoms with Crippen molar-refractivity contribution in [1.29, 1.82) is 0 Å². The highest BCUT2D eigenvalue weighted by Gasteiger charge is 2.13. The number of rotatable bonds is 4. The number of hydrogen-bond acceptors (Lipinski definition) is 1. The van der Waals surface area contributed by atoms with Gasteiger partial charge in [0.15, 0.2) is 0 Å². The Morgan fingerprint density at radius 2 is 2.11 bits per heavy atom. The van der Waals surface area contributed by atoms with E-state index in [0.717, 1.165) is 6.42 Å². The summed E-state index contributed by atoms with van der Waals surface area (Å²) in [7, 11) is 2.04. The Balaban J connectivity index is 2.55. The van der Waals surface area contributed by atoms with E-state index in [1.165, 1.54) is 27.7 Å². The third kappa shape index (κ3) is 2.13. The van der Waals surface area contributed by atoms with Crippen LogP contribution in [0.15, 0.2) is 18.2 Å². The van der Waals surface area contributed by atoms with Crippen LogP contribution in [0.5, 0.6) is 0 Å². The lowest BCUT2D eigenvalue weighted by Gasteiger charge is -2.00. The number of aliphatic carboxylic acids is 1. The molecule has 1 heterocycles. The molecule has 0 unspecified atom stereocenters. The molecule has 0 radical (unpaired) electrons. The summed E-state index contributed by atoms with van der Waals surface area (Å²) in [5.41, 5.74) is 4.82. The Labute approximate surface area is 107 Å². The number of hydrogen-bond donors (Lipinski definition) is 1. The fraction of sp³-hybridized carbons (Fsp3) is 0.400. The molecule has 1 aromatic carbocycles. The molecule has 0 saturated carbocycles. The molecule has 2 aromatic rings. The highest BCUT2D eigenvalue weighted by Crippen LogP contribution is 2.27. The van der Waals surface area contributed by atoms with Gasteiger partial charge in [-0.05, 0) is 43.0 Å². The lowest BCUT2D eigenvalue weighted by atomic mass is 10.0. The van der Waals surface area contributed by atoms with Crippen LogP contribution in [0.1, 0.15) is 30.2 Å². The van der Waals surface area contributed by atoms with Crippen molar-refractivity contribution in [3.63, 3.8) is 0 Å². The van der Waals surface area contributed by atoms with Crippen molar-refractivity contribution in [3.05, 3.63) is 35.0 Å². The number of nitrogens with zero attached hydrogens (tertiary/aromatic N) is 1. The maximum atomic E-state index is 10.7. The molecule has 18 heavy (non-hydrogen) atoms. The van der Waals surface area contributed by atoms with Crippen LogP contribution in [0, 0.1) is 6.92 Å². The third-order valence-corrected chi connectivity index (χ3v) is 3.68. The lowest BCUT2D eigenvalue weighted by molar-refractivity contribution is -0.136. The fourth-order valence-corrected chi connectivity index (χ4v) is 2.46. The van der Waals surface area contributed by atoms with E-state index in [1.807, 2.05) is 7.05 Å². The summed E-state index contributed by atoms with van der Waals surface area (Å²) in [6.07, 6.45) is 1.80. The molecule has 0 spiro atoms. The van der Waals surface area contributed by atoms with Gasteiger partial charge < -0.3 is 9.67 Å². The number of carboxylic acid groups (broad SMARTS) is 1. The standard InChI is InChI=1S/C15H19NO2/c1-4-11-5-7-14-13(9-11)12(6-8-15(17)18)10(2)16(14)3/h5,7,9H,4,6,8H2,1-3H3,(H,17,18). The summed E-state index contributed by atoms with van der Waals surface area (Å²) >= 11 is 0. The summed E-state index contributed by atoms with van der Waals surface area (Å²) in [5, 5.41) is 10.0. The van der Waals surface area contributed by atoms with Gasteiger partial charge in [0.1, 0.15) is 0 Å². The predicted octanol–water partition coefficient (Wildman–Crippen LogP) is 3.07. The number of carboxylic acids is 1. The smallest absolute Gasteiger partial charge is 0.303 e. The SMILES string of the molecule is CCc1ccc2c(c1)c(CCC(=O)O)c(C)n2C. The monoisotopic (exact) mass is 245 g/mol. The van der Waals surface area contributed by atoms with Gasteiger partial charge >= 0.3 is 5.97 Å². The van der Waals surface area contributed by atoms with E-state index >= 15 is 0 Å². The molecule has 0 bridgehead atoms.